The van der Waals surface area contributed by atoms with Crippen LogP contribution in [-0.2, 0) is 6.42 Å². The second-order valence-corrected chi connectivity index (χ2v) is 6.16. The van der Waals surface area contributed by atoms with Gasteiger partial charge in [0.2, 0.25) is 0 Å². The molecule has 114 valence electrons. The van der Waals surface area contributed by atoms with E-state index in [1.165, 1.54) is 25.8 Å². The van der Waals surface area contributed by atoms with E-state index in [1.54, 1.807) is 6.33 Å². The molecule has 4 nitrogen and oxygen atoms in total. The van der Waals surface area contributed by atoms with Crippen LogP contribution in [0.15, 0.2) is 24.5 Å². The fourth-order valence-corrected chi connectivity index (χ4v) is 3.30. The molecule has 1 aromatic heterocycles. The molecule has 0 N–H and O–H groups in total. The van der Waals surface area contributed by atoms with Crippen LogP contribution < -0.4 is 4.90 Å². The van der Waals surface area contributed by atoms with Gasteiger partial charge in [0, 0.05) is 44.5 Å². The standard InChI is InChI=1S/C17H26N4/c1-2-16-12-17(19-14-18-16)21-10-8-20(9-11-21)13-15-6-4-3-5-7-15/h3-4,12,14-15H,2,5-11,13H2,1H3/t15-/m0/s1. The van der Waals surface area contributed by atoms with Gasteiger partial charge in [-0.15, -0.1) is 0 Å². The molecule has 2 heterocycles. The summed E-state index contributed by atoms with van der Waals surface area (Å²) in [5, 5.41) is 0. The molecule has 0 spiro atoms. The number of allylic oxidation sites excluding steroid dienone is 2. The van der Waals surface area contributed by atoms with Gasteiger partial charge in [-0.05, 0) is 31.6 Å². The lowest BCUT2D eigenvalue weighted by molar-refractivity contribution is 0.211. The van der Waals surface area contributed by atoms with Crippen molar-refractivity contribution in [2.45, 2.75) is 32.6 Å². The zero-order valence-corrected chi connectivity index (χ0v) is 13.0. The maximum Gasteiger partial charge on any atom is 0.132 e. The molecular weight excluding hydrogens is 260 g/mol. The molecule has 4 heteroatoms. The van der Waals surface area contributed by atoms with Crippen molar-refractivity contribution in [3.05, 3.63) is 30.2 Å². The maximum atomic E-state index is 4.44. The van der Waals surface area contributed by atoms with Crippen LogP contribution in [0.4, 0.5) is 5.82 Å². The quantitative estimate of drug-likeness (QED) is 0.796. The number of aryl methyl sites for hydroxylation is 1. The molecule has 2 aliphatic rings. The van der Waals surface area contributed by atoms with Crippen molar-refractivity contribution in [1.29, 1.82) is 0 Å². The van der Waals surface area contributed by atoms with Crippen molar-refractivity contribution in [2.24, 2.45) is 5.92 Å². The smallest absolute Gasteiger partial charge is 0.132 e. The van der Waals surface area contributed by atoms with Gasteiger partial charge < -0.3 is 4.90 Å². The first-order valence-corrected chi connectivity index (χ1v) is 8.28. The van der Waals surface area contributed by atoms with Gasteiger partial charge in [-0.1, -0.05) is 19.1 Å². The third-order valence-corrected chi connectivity index (χ3v) is 4.66. The molecule has 3 rings (SSSR count). The van der Waals surface area contributed by atoms with E-state index in [4.69, 9.17) is 0 Å². The Kier molecular flexibility index (Phi) is 4.86. The van der Waals surface area contributed by atoms with Gasteiger partial charge in [-0.2, -0.15) is 0 Å². The molecular formula is C17H26N4. The van der Waals surface area contributed by atoms with Crippen LogP contribution in [0, 0.1) is 5.92 Å². The van der Waals surface area contributed by atoms with Crippen molar-refractivity contribution in [3.8, 4) is 0 Å². The second kappa shape index (κ2) is 7.03. The molecule has 21 heavy (non-hydrogen) atoms. The predicted molar refractivity (Wildman–Crippen MR) is 86.5 cm³/mol. The summed E-state index contributed by atoms with van der Waals surface area (Å²) in [4.78, 5) is 13.8. The fraction of sp³-hybridized carbons (Fsp3) is 0.647. The monoisotopic (exact) mass is 286 g/mol. The molecule has 1 fully saturated rings. The number of hydrogen-bond donors (Lipinski definition) is 0. The van der Waals surface area contributed by atoms with Crippen molar-refractivity contribution in [1.82, 2.24) is 14.9 Å². The van der Waals surface area contributed by atoms with Crippen LogP contribution in [-0.4, -0.2) is 47.6 Å². The van der Waals surface area contributed by atoms with Crippen molar-refractivity contribution < 1.29 is 0 Å². The summed E-state index contributed by atoms with van der Waals surface area (Å²) in [6.45, 7) is 7.90. The van der Waals surface area contributed by atoms with Gasteiger partial charge in [0.15, 0.2) is 0 Å². The summed E-state index contributed by atoms with van der Waals surface area (Å²) >= 11 is 0. The summed E-state index contributed by atoms with van der Waals surface area (Å²) in [7, 11) is 0. The molecule has 1 aromatic rings. The van der Waals surface area contributed by atoms with Gasteiger partial charge in [0.1, 0.15) is 12.1 Å². The third kappa shape index (κ3) is 3.82. The van der Waals surface area contributed by atoms with Crippen molar-refractivity contribution in [2.75, 3.05) is 37.6 Å². The average molecular weight is 286 g/mol. The van der Waals surface area contributed by atoms with E-state index < -0.39 is 0 Å². The summed E-state index contributed by atoms with van der Waals surface area (Å²) in [6, 6.07) is 2.14. The Morgan fingerprint density at radius 1 is 1.14 bits per heavy atom. The zero-order valence-electron chi connectivity index (χ0n) is 13.0. The topological polar surface area (TPSA) is 32.3 Å². The van der Waals surface area contributed by atoms with Crippen LogP contribution >= 0.6 is 0 Å². The van der Waals surface area contributed by atoms with Crippen LogP contribution in [0.25, 0.3) is 0 Å². The molecule has 0 radical (unpaired) electrons. The first-order chi connectivity index (χ1) is 10.3. The molecule has 1 saturated heterocycles. The van der Waals surface area contributed by atoms with Crippen molar-refractivity contribution in [3.63, 3.8) is 0 Å². The highest BCUT2D eigenvalue weighted by Crippen LogP contribution is 2.21. The summed E-state index contributed by atoms with van der Waals surface area (Å²) in [5.41, 5.74) is 1.14. The van der Waals surface area contributed by atoms with E-state index >= 15 is 0 Å². The van der Waals surface area contributed by atoms with Gasteiger partial charge in [0.25, 0.3) is 0 Å². The Balaban J connectivity index is 1.51. The van der Waals surface area contributed by atoms with Gasteiger partial charge in [-0.3, -0.25) is 4.90 Å². The number of hydrogen-bond acceptors (Lipinski definition) is 4. The number of aromatic nitrogens is 2. The fourth-order valence-electron chi connectivity index (χ4n) is 3.30. The lowest BCUT2D eigenvalue weighted by atomic mass is 9.94. The maximum absolute atomic E-state index is 4.44. The van der Waals surface area contributed by atoms with E-state index in [1.807, 2.05) is 0 Å². The molecule has 0 saturated carbocycles. The average Bonchev–Trinajstić information content (AvgIpc) is 2.56. The number of anilines is 1. The Bertz CT molecular complexity index is 477. The molecule has 0 amide bonds. The molecule has 0 bridgehead atoms. The molecule has 0 unspecified atom stereocenters. The van der Waals surface area contributed by atoms with E-state index in [2.05, 4.69) is 44.9 Å². The highest BCUT2D eigenvalue weighted by atomic mass is 15.3. The molecule has 1 aliphatic carbocycles. The first-order valence-electron chi connectivity index (χ1n) is 8.28. The van der Waals surface area contributed by atoms with Crippen LogP contribution in [0.1, 0.15) is 31.9 Å². The molecule has 0 aromatic carbocycles. The summed E-state index contributed by atoms with van der Waals surface area (Å²) in [5.74, 6) is 1.97. The van der Waals surface area contributed by atoms with E-state index in [0.29, 0.717) is 0 Å². The SMILES string of the molecule is CCc1cc(N2CCN(C[C@H]3CC=CCC3)CC2)ncn1. The van der Waals surface area contributed by atoms with Gasteiger partial charge in [0.05, 0.1) is 0 Å². The number of piperazine rings is 1. The lowest BCUT2D eigenvalue weighted by Crippen LogP contribution is -2.48. The minimum Gasteiger partial charge on any atom is -0.354 e. The van der Waals surface area contributed by atoms with E-state index in [-0.39, 0.29) is 0 Å². The summed E-state index contributed by atoms with van der Waals surface area (Å²) < 4.78 is 0. The zero-order chi connectivity index (χ0) is 14.5. The van der Waals surface area contributed by atoms with E-state index in [0.717, 1.165) is 50.0 Å². The molecule has 1 aliphatic heterocycles. The Morgan fingerprint density at radius 3 is 2.71 bits per heavy atom. The van der Waals surface area contributed by atoms with Crippen LogP contribution in [0.5, 0.6) is 0 Å². The largest absolute Gasteiger partial charge is 0.354 e. The number of rotatable bonds is 4. The Labute approximate surface area is 127 Å². The normalized spacial score (nSPS) is 23.5. The summed E-state index contributed by atoms with van der Waals surface area (Å²) in [6.07, 6.45) is 11.3. The van der Waals surface area contributed by atoms with Gasteiger partial charge in [-0.25, -0.2) is 9.97 Å². The number of nitrogens with zero attached hydrogens (tertiary/aromatic N) is 4. The third-order valence-electron chi connectivity index (χ3n) is 4.66. The highest BCUT2D eigenvalue weighted by Gasteiger charge is 2.21. The van der Waals surface area contributed by atoms with E-state index in [9.17, 15) is 0 Å². The van der Waals surface area contributed by atoms with Crippen LogP contribution in [0.3, 0.4) is 0 Å². The first kappa shape index (κ1) is 14.5. The Hall–Kier alpha value is -1.42. The van der Waals surface area contributed by atoms with Gasteiger partial charge >= 0.3 is 0 Å². The second-order valence-electron chi connectivity index (χ2n) is 6.16. The Morgan fingerprint density at radius 2 is 2.00 bits per heavy atom. The molecule has 1 atom stereocenters. The minimum atomic E-state index is 0.868. The van der Waals surface area contributed by atoms with Crippen LogP contribution in [0.2, 0.25) is 0 Å². The highest BCUT2D eigenvalue weighted by molar-refractivity contribution is 5.39. The van der Waals surface area contributed by atoms with Crippen molar-refractivity contribution >= 4 is 5.82 Å². The minimum absolute atomic E-state index is 0.868. The lowest BCUT2D eigenvalue weighted by Gasteiger charge is -2.37. The predicted octanol–water partition coefficient (Wildman–Crippen LogP) is 2.52.